The van der Waals surface area contributed by atoms with Gasteiger partial charge in [-0.1, -0.05) is 74.0 Å². The van der Waals surface area contributed by atoms with Crippen molar-refractivity contribution in [3.8, 4) is 11.1 Å². The first-order valence-corrected chi connectivity index (χ1v) is 11.4. The minimum absolute atomic E-state index is 0.390. The Morgan fingerprint density at radius 2 is 1.81 bits per heavy atom. The third-order valence-corrected chi connectivity index (χ3v) is 6.53. The Morgan fingerprint density at radius 3 is 2.50 bits per heavy atom. The summed E-state index contributed by atoms with van der Waals surface area (Å²) in [7, 11) is 0. The number of unbranched alkanes of at least 4 members (excludes halogenated alkanes) is 1. The number of aliphatic hydroxyl groups excluding tert-OH is 1. The van der Waals surface area contributed by atoms with Gasteiger partial charge in [-0.2, -0.15) is 0 Å². The van der Waals surface area contributed by atoms with Crippen LogP contribution in [0.25, 0.3) is 11.1 Å². The lowest BCUT2D eigenvalue weighted by atomic mass is 9.95. The molecule has 1 unspecified atom stereocenters. The Bertz CT molecular complexity index is 1050. The van der Waals surface area contributed by atoms with Crippen LogP contribution in [-0.4, -0.2) is 33.4 Å². The summed E-state index contributed by atoms with van der Waals surface area (Å²) in [6.45, 7) is 2.86. The fourth-order valence-electron chi connectivity index (χ4n) is 4.74. The van der Waals surface area contributed by atoms with Crippen molar-refractivity contribution in [2.24, 2.45) is 10.1 Å². The summed E-state index contributed by atoms with van der Waals surface area (Å²) in [6, 6.07) is 16.8. The molecule has 0 amide bonds. The molecule has 5 rings (SSSR count). The minimum atomic E-state index is -0.573. The minimum Gasteiger partial charge on any atom is -0.371 e. The van der Waals surface area contributed by atoms with Gasteiger partial charge in [-0.15, -0.1) is 10.6 Å². The summed E-state index contributed by atoms with van der Waals surface area (Å²) in [5, 5.41) is 15.4. The fraction of sp³-hybridized carbons (Fsp3) is 0.360. The zero-order valence-electron chi connectivity index (χ0n) is 18.4. The molecule has 0 bridgehead atoms. The number of nitrogens with one attached hydrogen (secondary N) is 3. The van der Waals surface area contributed by atoms with Gasteiger partial charge in [0.25, 0.3) is 0 Å². The molecule has 0 saturated carbocycles. The number of nitrogens with zero attached hydrogens (tertiary/aromatic N) is 3. The number of hydrogen-bond donors (Lipinski definition) is 4. The van der Waals surface area contributed by atoms with E-state index in [0.717, 1.165) is 66.0 Å². The highest BCUT2D eigenvalue weighted by molar-refractivity contribution is 6.04. The number of aliphatic hydroxyl groups is 1. The highest BCUT2D eigenvalue weighted by atomic mass is 16.3. The normalized spacial score (nSPS) is 20.9. The van der Waals surface area contributed by atoms with Crippen molar-refractivity contribution in [3.05, 3.63) is 71.8 Å². The van der Waals surface area contributed by atoms with Crippen LogP contribution in [0.15, 0.2) is 70.8 Å². The maximum Gasteiger partial charge on any atom is 0.171 e. The quantitative estimate of drug-likeness (QED) is 0.506. The zero-order valence-corrected chi connectivity index (χ0v) is 18.4. The molecule has 0 radical (unpaired) electrons. The predicted molar refractivity (Wildman–Crippen MR) is 127 cm³/mol. The standard InChI is InChI=1S/C25H30N6O/c1-2-3-10-22-26-25(15-6-7-16-25)24(32)31(22)17-18-11-13-19(14-12-18)20-8-4-5-9-21(20)23-27-29-30-28-23/h4-9,11-14,24,29-30,32H,2-3,10,15-17H2,1H3,(H,27,28). The van der Waals surface area contributed by atoms with Crippen molar-refractivity contribution in [3.63, 3.8) is 0 Å². The molecule has 1 spiro atoms. The maximum absolute atomic E-state index is 11.2. The van der Waals surface area contributed by atoms with Gasteiger partial charge in [0.1, 0.15) is 11.4 Å². The van der Waals surface area contributed by atoms with Crippen LogP contribution in [0.5, 0.6) is 0 Å². The molecule has 4 N–H and O–H groups in total. The fourth-order valence-corrected chi connectivity index (χ4v) is 4.74. The molecule has 2 aromatic carbocycles. The molecule has 7 heteroatoms. The number of hydrazine groups is 2. The molecule has 0 aromatic heterocycles. The van der Waals surface area contributed by atoms with Crippen molar-refractivity contribution in [1.82, 2.24) is 21.4 Å². The van der Waals surface area contributed by atoms with Gasteiger partial charge in [-0.05, 0) is 36.0 Å². The number of benzene rings is 2. The Morgan fingerprint density at radius 1 is 1.06 bits per heavy atom. The molecule has 7 nitrogen and oxygen atoms in total. The summed E-state index contributed by atoms with van der Waals surface area (Å²) in [4.78, 5) is 7.15. The molecule has 32 heavy (non-hydrogen) atoms. The van der Waals surface area contributed by atoms with Crippen molar-refractivity contribution in [2.75, 3.05) is 0 Å². The van der Waals surface area contributed by atoms with Crippen molar-refractivity contribution in [2.45, 2.75) is 57.3 Å². The Balaban J connectivity index is 1.36. The van der Waals surface area contributed by atoms with Crippen LogP contribution < -0.4 is 16.5 Å². The number of rotatable bonds is 7. The first-order chi connectivity index (χ1) is 15.7. The second-order valence-electron chi connectivity index (χ2n) is 8.68. The van der Waals surface area contributed by atoms with Crippen LogP contribution in [-0.2, 0) is 6.54 Å². The van der Waals surface area contributed by atoms with E-state index in [1.54, 1.807) is 0 Å². The smallest absolute Gasteiger partial charge is 0.171 e. The highest BCUT2D eigenvalue weighted by Crippen LogP contribution is 2.39. The monoisotopic (exact) mass is 430 g/mol. The largest absolute Gasteiger partial charge is 0.371 e. The van der Waals surface area contributed by atoms with E-state index in [1.807, 2.05) is 12.1 Å². The maximum atomic E-state index is 11.2. The first-order valence-electron chi connectivity index (χ1n) is 11.4. The first kappa shape index (κ1) is 20.7. The lowest BCUT2D eigenvalue weighted by Crippen LogP contribution is -2.45. The molecule has 1 aliphatic carbocycles. The summed E-state index contributed by atoms with van der Waals surface area (Å²) < 4.78 is 0. The second-order valence-corrected chi connectivity index (χ2v) is 8.68. The highest BCUT2D eigenvalue weighted by Gasteiger charge is 2.47. The Labute approximate surface area is 188 Å². The molecule has 0 fully saturated rings. The summed E-state index contributed by atoms with van der Waals surface area (Å²) in [5.74, 6) is 1.81. The number of amidine groups is 2. The van der Waals surface area contributed by atoms with Gasteiger partial charge in [-0.25, -0.2) is 5.53 Å². The van der Waals surface area contributed by atoms with Gasteiger partial charge >= 0.3 is 0 Å². The lowest BCUT2D eigenvalue weighted by Gasteiger charge is -2.31. The molecular weight excluding hydrogens is 400 g/mol. The molecule has 2 heterocycles. The molecule has 2 aliphatic heterocycles. The van der Waals surface area contributed by atoms with Gasteiger partial charge in [0, 0.05) is 18.5 Å². The van der Waals surface area contributed by atoms with E-state index < -0.39 is 6.23 Å². The molecule has 166 valence electrons. The van der Waals surface area contributed by atoms with E-state index in [1.165, 1.54) is 0 Å². The Hall–Kier alpha value is -3.16. The summed E-state index contributed by atoms with van der Waals surface area (Å²) in [6.07, 6.45) is 8.48. The summed E-state index contributed by atoms with van der Waals surface area (Å²) >= 11 is 0. The van der Waals surface area contributed by atoms with Crippen LogP contribution in [0, 0.1) is 0 Å². The van der Waals surface area contributed by atoms with Crippen molar-refractivity contribution in [1.29, 1.82) is 0 Å². The average molecular weight is 431 g/mol. The predicted octanol–water partition coefficient (Wildman–Crippen LogP) is 3.44. The van der Waals surface area contributed by atoms with Crippen molar-refractivity contribution >= 4 is 11.7 Å². The van der Waals surface area contributed by atoms with Crippen LogP contribution in [0.4, 0.5) is 0 Å². The van der Waals surface area contributed by atoms with E-state index in [2.05, 4.69) is 82.0 Å². The van der Waals surface area contributed by atoms with Crippen LogP contribution >= 0.6 is 0 Å². The van der Waals surface area contributed by atoms with Gasteiger partial charge in [-0.3, -0.25) is 10.4 Å². The van der Waals surface area contributed by atoms with E-state index in [-0.39, 0.29) is 5.54 Å². The third kappa shape index (κ3) is 3.78. The lowest BCUT2D eigenvalue weighted by molar-refractivity contribution is 0.00509. The van der Waals surface area contributed by atoms with E-state index >= 15 is 0 Å². The van der Waals surface area contributed by atoms with Crippen LogP contribution in [0.2, 0.25) is 0 Å². The van der Waals surface area contributed by atoms with Crippen LogP contribution in [0.3, 0.4) is 0 Å². The summed E-state index contributed by atoms with van der Waals surface area (Å²) in [5.41, 5.74) is 12.6. The van der Waals surface area contributed by atoms with Gasteiger partial charge in [0.05, 0.1) is 0 Å². The molecule has 3 aliphatic rings. The Kier molecular flexibility index (Phi) is 5.68. The molecular formula is C25H30N6O. The number of hydrazone groups is 1. The molecule has 0 saturated heterocycles. The number of aliphatic imine (C=N–C) groups is 1. The van der Waals surface area contributed by atoms with E-state index in [4.69, 9.17) is 4.99 Å². The second kappa shape index (κ2) is 8.76. The van der Waals surface area contributed by atoms with E-state index in [9.17, 15) is 5.11 Å². The van der Waals surface area contributed by atoms with Gasteiger partial charge in [0.15, 0.2) is 12.1 Å². The number of hydrogen-bond acceptors (Lipinski definition) is 7. The van der Waals surface area contributed by atoms with E-state index in [0.29, 0.717) is 6.54 Å². The molecule has 1 atom stereocenters. The topological polar surface area (TPSA) is 84.3 Å². The third-order valence-electron chi connectivity index (χ3n) is 6.53. The SMILES string of the molecule is CCCCC1=NC2(CC=CC2)C(O)N1Cc1ccc(-c2ccccc2C2=NNNN2)cc1. The van der Waals surface area contributed by atoms with Crippen molar-refractivity contribution < 1.29 is 5.11 Å². The zero-order chi connectivity index (χ0) is 22.0. The van der Waals surface area contributed by atoms with Gasteiger partial charge in [0.2, 0.25) is 0 Å². The molecule has 2 aromatic rings. The van der Waals surface area contributed by atoms with Gasteiger partial charge < -0.3 is 10.0 Å². The van der Waals surface area contributed by atoms with Crippen LogP contribution in [0.1, 0.15) is 50.2 Å². The average Bonchev–Trinajstić information content (AvgIpc) is 3.58.